The van der Waals surface area contributed by atoms with Crippen molar-refractivity contribution in [1.29, 1.82) is 0 Å². The molecule has 0 saturated carbocycles. The molecule has 3 heterocycles. The Bertz CT molecular complexity index is 986. The third-order valence-corrected chi connectivity index (χ3v) is 6.73. The van der Waals surface area contributed by atoms with Gasteiger partial charge in [-0.15, -0.1) is 0 Å². The normalized spacial score (nSPS) is 17.7. The van der Waals surface area contributed by atoms with Gasteiger partial charge in [-0.1, -0.05) is 18.2 Å². The van der Waals surface area contributed by atoms with Gasteiger partial charge in [0.15, 0.2) is 0 Å². The summed E-state index contributed by atoms with van der Waals surface area (Å²) in [5, 5.41) is 4.98. The number of rotatable bonds is 2. The maximum atomic E-state index is 13.5. The fraction of sp³-hybridized carbons (Fsp3) is 0.542. The first kappa shape index (κ1) is 21.4. The SMILES string of the molecule is Cc1ccccc1C(=O)N1Cc2cn(C(C)C)nc2C2(CCN(C(=O)N(C)C)CC2)C1. The van der Waals surface area contributed by atoms with Crippen LogP contribution in [-0.2, 0) is 12.0 Å². The number of nitrogens with zero attached hydrogens (tertiary/aromatic N) is 5. The van der Waals surface area contributed by atoms with Gasteiger partial charge in [0.2, 0.25) is 0 Å². The quantitative estimate of drug-likeness (QED) is 0.743. The molecule has 3 amide bonds. The van der Waals surface area contributed by atoms with Crippen LogP contribution >= 0.6 is 0 Å². The lowest BCUT2D eigenvalue weighted by Crippen LogP contribution is -2.55. The minimum Gasteiger partial charge on any atom is -0.333 e. The first-order valence-corrected chi connectivity index (χ1v) is 11.1. The zero-order chi connectivity index (χ0) is 22.3. The van der Waals surface area contributed by atoms with Crippen LogP contribution in [0.4, 0.5) is 4.79 Å². The highest BCUT2D eigenvalue weighted by atomic mass is 16.2. The highest BCUT2D eigenvalue weighted by Gasteiger charge is 2.46. The van der Waals surface area contributed by atoms with Gasteiger partial charge in [-0.25, -0.2) is 4.79 Å². The minimum atomic E-state index is -0.213. The van der Waals surface area contributed by atoms with Crippen LogP contribution in [0.3, 0.4) is 0 Å². The predicted octanol–water partition coefficient (Wildman–Crippen LogP) is 3.44. The van der Waals surface area contributed by atoms with Gasteiger partial charge in [-0.05, 0) is 45.2 Å². The van der Waals surface area contributed by atoms with E-state index in [1.54, 1.807) is 19.0 Å². The lowest BCUT2D eigenvalue weighted by Gasteiger charge is -2.47. The number of fused-ring (bicyclic) bond motifs is 2. The van der Waals surface area contributed by atoms with E-state index in [2.05, 4.69) is 20.0 Å². The summed E-state index contributed by atoms with van der Waals surface area (Å²) >= 11 is 0. The second-order valence-corrected chi connectivity index (χ2v) is 9.50. The molecule has 7 heteroatoms. The van der Waals surface area contributed by atoms with Crippen molar-refractivity contribution in [3.8, 4) is 0 Å². The molecule has 0 bridgehead atoms. The number of aryl methyl sites for hydroxylation is 1. The average Bonchev–Trinajstić information content (AvgIpc) is 3.19. The molecule has 0 N–H and O–H groups in total. The zero-order valence-electron chi connectivity index (χ0n) is 19.3. The number of urea groups is 1. The number of carbonyl (C=O) groups is 2. The van der Waals surface area contributed by atoms with E-state index in [-0.39, 0.29) is 23.4 Å². The van der Waals surface area contributed by atoms with Crippen molar-refractivity contribution in [2.45, 2.75) is 51.6 Å². The smallest absolute Gasteiger partial charge is 0.319 e. The van der Waals surface area contributed by atoms with Crippen molar-refractivity contribution < 1.29 is 9.59 Å². The summed E-state index contributed by atoms with van der Waals surface area (Å²) in [4.78, 5) is 31.5. The first-order valence-electron chi connectivity index (χ1n) is 11.1. The van der Waals surface area contributed by atoms with E-state index in [1.165, 1.54) is 0 Å². The summed E-state index contributed by atoms with van der Waals surface area (Å²) in [6.45, 7) is 8.82. The number of hydrogen-bond acceptors (Lipinski definition) is 3. The molecule has 2 aliphatic rings. The van der Waals surface area contributed by atoms with E-state index in [1.807, 2.05) is 45.7 Å². The highest BCUT2D eigenvalue weighted by Crippen LogP contribution is 2.42. The summed E-state index contributed by atoms with van der Waals surface area (Å²) in [6.07, 6.45) is 3.73. The number of piperidine rings is 1. The van der Waals surface area contributed by atoms with Gasteiger partial charge in [0.1, 0.15) is 0 Å². The van der Waals surface area contributed by atoms with Gasteiger partial charge < -0.3 is 14.7 Å². The molecule has 166 valence electrons. The van der Waals surface area contributed by atoms with Gasteiger partial charge in [0.05, 0.1) is 5.69 Å². The van der Waals surface area contributed by atoms with Crippen molar-refractivity contribution in [1.82, 2.24) is 24.5 Å². The lowest BCUT2D eigenvalue weighted by atomic mass is 9.72. The van der Waals surface area contributed by atoms with E-state index in [4.69, 9.17) is 5.10 Å². The van der Waals surface area contributed by atoms with E-state index in [0.717, 1.165) is 35.2 Å². The van der Waals surface area contributed by atoms with Gasteiger partial charge in [0, 0.05) is 69.1 Å². The van der Waals surface area contributed by atoms with Crippen LogP contribution in [0.25, 0.3) is 0 Å². The Morgan fingerprint density at radius 2 is 1.77 bits per heavy atom. The number of likely N-dealkylation sites (tertiary alicyclic amines) is 1. The highest BCUT2D eigenvalue weighted by molar-refractivity contribution is 5.95. The Hall–Kier alpha value is -2.83. The monoisotopic (exact) mass is 423 g/mol. The summed E-state index contributed by atoms with van der Waals surface area (Å²) in [7, 11) is 3.58. The number of hydrogen-bond donors (Lipinski definition) is 0. The van der Waals surface area contributed by atoms with Gasteiger partial charge in [-0.3, -0.25) is 9.48 Å². The Labute approximate surface area is 184 Å². The van der Waals surface area contributed by atoms with Crippen LogP contribution in [-0.4, -0.2) is 70.1 Å². The molecule has 7 nitrogen and oxygen atoms in total. The molecule has 1 fully saturated rings. The Morgan fingerprint density at radius 3 is 2.39 bits per heavy atom. The standard InChI is InChI=1S/C24H33N5O2/c1-17(2)29-15-19-14-28(22(30)20-9-7-6-8-18(20)3)16-24(21(19)25-29)10-12-27(13-11-24)23(31)26(4)5/h6-9,15,17H,10-14,16H2,1-5H3. The third-order valence-electron chi connectivity index (χ3n) is 6.73. The van der Waals surface area contributed by atoms with E-state index >= 15 is 0 Å². The Morgan fingerprint density at radius 1 is 1.10 bits per heavy atom. The fourth-order valence-electron chi connectivity index (χ4n) is 4.89. The molecule has 1 aromatic heterocycles. The van der Waals surface area contributed by atoms with Gasteiger partial charge in [0.25, 0.3) is 5.91 Å². The van der Waals surface area contributed by atoms with Crippen molar-refractivity contribution >= 4 is 11.9 Å². The molecule has 0 atom stereocenters. The molecule has 0 aliphatic carbocycles. The van der Waals surface area contributed by atoms with E-state index in [0.29, 0.717) is 26.2 Å². The zero-order valence-corrected chi connectivity index (χ0v) is 19.3. The molecule has 1 spiro atoms. The minimum absolute atomic E-state index is 0.0476. The lowest BCUT2D eigenvalue weighted by molar-refractivity contribution is 0.0583. The summed E-state index contributed by atoms with van der Waals surface area (Å²) in [6, 6.07) is 8.10. The van der Waals surface area contributed by atoms with Crippen LogP contribution in [0, 0.1) is 6.92 Å². The van der Waals surface area contributed by atoms with Crippen molar-refractivity contribution in [2.75, 3.05) is 33.7 Å². The van der Waals surface area contributed by atoms with Crippen molar-refractivity contribution in [3.05, 3.63) is 52.8 Å². The average molecular weight is 424 g/mol. The molecule has 1 saturated heterocycles. The van der Waals surface area contributed by atoms with Crippen LogP contribution in [0.1, 0.15) is 59.9 Å². The van der Waals surface area contributed by atoms with Crippen molar-refractivity contribution in [2.24, 2.45) is 0 Å². The number of benzene rings is 1. The topological polar surface area (TPSA) is 61.7 Å². The summed E-state index contributed by atoms with van der Waals surface area (Å²) in [5.74, 6) is 0.0761. The van der Waals surface area contributed by atoms with Crippen LogP contribution in [0.2, 0.25) is 0 Å². The molecular weight excluding hydrogens is 390 g/mol. The van der Waals surface area contributed by atoms with Gasteiger partial charge >= 0.3 is 6.03 Å². The first-order chi connectivity index (χ1) is 14.7. The molecule has 0 unspecified atom stereocenters. The van der Waals surface area contributed by atoms with Crippen molar-refractivity contribution in [3.63, 3.8) is 0 Å². The molecule has 0 radical (unpaired) electrons. The Balaban J connectivity index is 1.67. The maximum Gasteiger partial charge on any atom is 0.319 e. The third kappa shape index (κ3) is 3.82. The molecule has 1 aromatic carbocycles. The van der Waals surface area contributed by atoms with Crippen LogP contribution < -0.4 is 0 Å². The second-order valence-electron chi connectivity index (χ2n) is 9.50. The molecule has 2 aromatic rings. The predicted molar refractivity (Wildman–Crippen MR) is 120 cm³/mol. The molecule has 31 heavy (non-hydrogen) atoms. The van der Waals surface area contributed by atoms with Crippen LogP contribution in [0.15, 0.2) is 30.5 Å². The number of carbonyl (C=O) groups excluding carboxylic acids is 2. The second kappa shape index (κ2) is 8.02. The summed E-state index contributed by atoms with van der Waals surface area (Å²) in [5.41, 5.74) is 3.80. The number of amides is 3. The van der Waals surface area contributed by atoms with E-state index in [9.17, 15) is 9.59 Å². The van der Waals surface area contributed by atoms with Crippen LogP contribution in [0.5, 0.6) is 0 Å². The largest absolute Gasteiger partial charge is 0.333 e. The molecular formula is C24H33N5O2. The fourth-order valence-corrected chi connectivity index (χ4v) is 4.89. The number of aromatic nitrogens is 2. The molecule has 4 rings (SSSR count). The maximum absolute atomic E-state index is 13.5. The van der Waals surface area contributed by atoms with Gasteiger partial charge in [-0.2, -0.15) is 5.10 Å². The molecule has 2 aliphatic heterocycles. The Kier molecular flexibility index (Phi) is 5.54. The van der Waals surface area contributed by atoms with E-state index < -0.39 is 0 Å². The summed E-state index contributed by atoms with van der Waals surface area (Å²) < 4.78 is 2.02.